The molecule has 90 valence electrons. The van der Waals surface area contributed by atoms with Crippen molar-refractivity contribution in [2.24, 2.45) is 5.73 Å². The Morgan fingerprint density at radius 3 is 2.72 bits per heavy atom. The van der Waals surface area contributed by atoms with E-state index in [1.165, 1.54) is 15.0 Å². The average molecular weight is 254 g/mol. The van der Waals surface area contributed by atoms with Gasteiger partial charge in [-0.1, -0.05) is 24.3 Å². The Labute approximate surface area is 110 Å². The fourth-order valence-electron chi connectivity index (χ4n) is 2.03. The van der Waals surface area contributed by atoms with E-state index in [4.69, 9.17) is 5.73 Å². The van der Waals surface area contributed by atoms with Crippen molar-refractivity contribution in [3.05, 3.63) is 65.3 Å². The molecule has 0 aliphatic carbocycles. The van der Waals surface area contributed by atoms with Gasteiger partial charge in [-0.3, -0.25) is 4.98 Å². The lowest BCUT2D eigenvalue weighted by molar-refractivity contribution is 0.720. The van der Waals surface area contributed by atoms with Crippen LogP contribution in [0.1, 0.15) is 16.6 Å². The number of hydrogen-bond donors (Lipinski definition) is 1. The first-order valence-electron chi connectivity index (χ1n) is 5.97. The third kappa shape index (κ3) is 2.28. The predicted molar refractivity (Wildman–Crippen MR) is 76.7 cm³/mol. The molecule has 0 amide bonds. The van der Waals surface area contributed by atoms with Gasteiger partial charge in [0.15, 0.2) is 0 Å². The summed E-state index contributed by atoms with van der Waals surface area (Å²) in [5, 5.41) is 1.27. The number of nitrogens with zero attached hydrogens (tertiary/aromatic N) is 1. The van der Waals surface area contributed by atoms with Crippen molar-refractivity contribution < 1.29 is 0 Å². The molecule has 0 saturated carbocycles. The topological polar surface area (TPSA) is 38.9 Å². The van der Waals surface area contributed by atoms with Crippen molar-refractivity contribution in [2.45, 2.75) is 12.5 Å². The second-order valence-electron chi connectivity index (χ2n) is 4.32. The number of hydrogen-bond acceptors (Lipinski definition) is 3. The van der Waals surface area contributed by atoms with Gasteiger partial charge in [0.25, 0.3) is 0 Å². The van der Waals surface area contributed by atoms with Crippen LogP contribution >= 0.6 is 11.3 Å². The molecule has 1 aromatic carbocycles. The summed E-state index contributed by atoms with van der Waals surface area (Å²) in [5.74, 6) is 0. The molecule has 2 N–H and O–H groups in total. The molecular weight excluding hydrogens is 240 g/mol. The van der Waals surface area contributed by atoms with Gasteiger partial charge in [-0.15, -0.1) is 11.3 Å². The summed E-state index contributed by atoms with van der Waals surface area (Å²) in [5.41, 5.74) is 7.31. The van der Waals surface area contributed by atoms with E-state index < -0.39 is 0 Å². The maximum absolute atomic E-state index is 6.26. The minimum Gasteiger partial charge on any atom is -0.323 e. The molecule has 1 atom stereocenters. The van der Waals surface area contributed by atoms with Gasteiger partial charge < -0.3 is 5.73 Å². The Balaban J connectivity index is 1.86. The summed E-state index contributed by atoms with van der Waals surface area (Å²) in [6.07, 6.45) is 2.60. The molecule has 3 rings (SSSR count). The van der Waals surface area contributed by atoms with Crippen LogP contribution < -0.4 is 5.73 Å². The summed E-state index contributed by atoms with van der Waals surface area (Å²) in [7, 11) is 0. The highest BCUT2D eigenvalue weighted by Crippen LogP contribution is 2.29. The molecule has 0 aliphatic heterocycles. The average Bonchev–Trinajstić information content (AvgIpc) is 2.84. The van der Waals surface area contributed by atoms with E-state index in [1.807, 2.05) is 24.4 Å². The zero-order chi connectivity index (χ0) is 12.4. The van der Waals surface area contributed by atoms with Crippen LogP contribution in [-0.2, 0) is 6.42 Å². The minimum absolute atomic E-state index is 0.0253. The molecule has 0 aliphatic rings. The Kier molecular flexibility index (Phi) is 3.09. The number of benzene rings is 1. The zero-order valence-corrected chi connectivity index (χ0v) is 10.7. The van der Waals surface area contributed by atoms with E-state index in [2.05, 4.69) is 35.3 Å². The third-order valence-corrected chi connectivity index (χ3v) is 4.21. The van der Waals surface area contributed by atoms with Gasteiger partial charge in [-0.05, 0) is 29.7 Å². The molecule has 0 radical (unpaired) electrons. The van der Waals surface area contributed by atoms with E-state index in [9.17, 15) is 0 Å². The molecule has 2 aromatic heterocycles. The monoisotopic (exact) mass is 254 g/mol. The molecule has 0 spiro atoms. The second kappa shape index (κ2) is 4.88. The fraction of sp³-hybridized carbons (Fsp3) is 0.133. The quantitative estimate of drug-likeness (QED) is 0.776. The van der Waals surface area contributed by atoms with E-state index >= 15 is 0 Å². The molecule has 3 aromatic rings. The van der Waals surface area contributed by atoms with Crippen LogP contribution in [0.15, 0.2) is 54.7 Å². The smallest absolute Gasteiger partial charge is 0.0446 e. The van der Waals surface area contributed by atoms with Crippen molar-refractivity contribution in [2.75, 3.05) is 0 Å². The maximum Gasteiger partial charge on any atom is 0.0446 e. The first kappa shape index (κ1) is 11.4. The molecule has 1 unspecified atom stereocenters. The van der Waals surface area contributed by atoms with Crippen LogP contribution in [0, 0.1) is 0 Å². The Morgan fingerprint density at radius 1 is 1.11 bits per heavy atom. The highest BCUT2D eigenvalue weighted by molar-refractivity contribution is 7.19. The summed E-state index contributed by atoms with van der Waals surface area (Å²) in [4.78, 5) is 5.55. The molecule has 18 heavy (non-hydrogen) atoms. The van der Waals surface area contributed by atoms with Crippen molar-refractivity contribution in [3.63, 3.8) is 0 Å². The van der Waals surface area contributed by atoms with Crippen LogP contribution in [0.3, 0.4) is 0 Å². The van der Waals surface area contributed by atoms with E-state index in [1.54, 1.807) is 11.3 Å². The fourth-order valence-corrected chi connectivity index (χ4v) is 3.10. The zero-order valence-electron chi connectivity index (χ0n) is 9.91. The van der Waals surface area contributed by atoms with Gasteiger partial charge >= 0.3 is 0 Å². The Bertz CT molecular complexity index is 613. The molecule has 0 saturated heterocycles. The van der Waals surface area contributed by atoms with Gasteiger partial charge in [0, 0.05) is 33.9 Å². The molecule has 2 nitrogen and oxygen atoms in total. The van der Waals surface area contributed by atoms with Crippen molar-refractivity contribution in [3.8, 4) is 0 Å². The number of aromatic nitrogens is 1. The lowest BCUT2D eigenvalue weighted by atomic mass is 10.1. The summed E-state index contributed by atoms with van der Waals surface area (Å²) in [6.45, 7) is 0. The van der Waals surface area contributed by atoms with E-state index in [-0.39, 0.29) is 6.04 Å². The van der Waals surface area contributed by atoms with Crippen LogP contribution in [-0.4, -0.2) is 4.98 Å². The van der Waals surface area contributed by atoms with E-state index in [0.29, 0.717) is 0 Å². The SMILES string of the molecule is NC(Cc1ccccn1)c1cc2ccccc2s1. The molecular formula is C15H14N2S. The molecule has 0 bridgehead atoms. The van der Waals surface area contributed by atoms with Crippen LogP contribution in [0.5, 0.6) is 0 Å². The van der Waals surface area contributed by atoms with Crippen LogP contribution in [0.25, 0.3) is 10.1 Å². The molecule has 0 fully saturated rings. The second-order valence-corrected chi connectivity index (χ2v) is 5.43. The standard InChI is InChI=1S/C15H14N2S/c16-13(10-12-6-3-4-8-17-12)15-9-11-5-1-2-7-14(11)18-15/h1-9,13H,10,16H2. The summed E-state index contributed by atoms with van der Waals surface area (Å²) < 4.78 is 1.30. The Hall–Kier alpha value is -1.71. The number of fused-ring (bicyclic) bond motifs is 1. The third-order valence-electron chi connectivity index (χ3n) is 2.97. The predicted octanol–water partition coefficient (Wildman–Crippen LogP) is 3.54. The van der Waals surface area contributed by atoms with Gasteiger partial charge in [0.05, 0.1) is 0 Å². The normalized spacial score (nSPS) is 12.7. The van der Waals surface area contributed by atoms with Crippen molar-refractivity contribution in [1.82, 2.24) is 4.98 Å². The first-order chi connectivity index (χ1) is 8.83. The largest absolute Gasteiger partial charge is 0.323 e. The van der Waals surface area contributed by atoms with Gasteiger partial charge in [-0.2, -0.15) is 0 Å². The number of pyridine rings is 1. The summed E-state index contributed by atoms with van der Waals surface area (Å²) >= 11 is 1.77. The first-order valence-corrected chi connectivity index (χ1v) is 6.78. The minimum atomic E-state index is 0.0253. The number of thiophene rings is 1. The lowest BCUT2D eigenvalue weighted by Gasteiger charge is -2.08. The van der Waals surface area contributed by atoms with Crippen LogP contribution in [0.4, 0.5) is 0 Å². The van der Waals surface area contributed by atoms with Crippen molar-refractivity contribution >= 4 is 21.4 Å². The lowest BCUT2D eigenvalue weighted by Crippen LogP contribution is -2.12. The van der Waals surface area contributed by atoms with Gasteiger partial charge in [0.1, 0.15) is 0 Å². The number of nitrogens with two attached hydrogens (primary N) is 1. The van der Waals surface area contributed by atoms with Gasteiger partial charge in [0.2, 0.25) is 0 Å². The highest BCUT2D eigenvalue weighted by atomic mass is 32.1. The van der Waals surface area contributed by atoms with E-state index in [0.717, 1.165) is 12.1 Å². The molecule has 3 heteroatoms. The van der Waals surface area contributed by atoms with Crippen LogP contribution in [0.2, 0.25) is 0 Å². The van der Waals surface area contributed by atoms with Gasteiger partial charge in [-0.25, -0.2) is 0 Å². The Morgan fingerprint density at radius 2 is 1.94 bits per heavy atom. The molecule has 2 heterocycles. The highest BCUT2D eigenvalue weighted by Gasteiger charge is 2.11. The van der Waals surface area contributed by atoms with Crippen molar-refractivity contribution in [1.29, 1.82) is 0 Å². The summed E-state index contributed by atoms with van der Waals surface area (Å²) in [6, 6.07) is 16.5. The number of rotatable bonds is 3. The maximum atomic E-state index is 6.26.